The van der Waals surface area contributed by atoms with Gasteiger partial charge in [0.25, 0.3) is 0 Å². The maximum atomic E-state index is 14.2. The molecule has 0 bridgehead atoms. The molecule has 2 aliphatic rings. The van der Waals surface area contributed by atoms with Crippen molar-refractivity contribution in [2.45, 2.75) is 172 Å². The Morgan fingerprint density at radius 1 is 0.521 bits per heavy atom. The molecule has 2 aromatic carbocycles. The first-order chi connectivity index (χ1) is 32.8. The molecule has 2 heterocycles. The highest BCUT2D eigenvalue weighted by Crippen LogP contribution is 2.39. The van der Waals surface area contributed by atoms with Gasteiger partial charge in [-0.1, -0.05) is 36.4 Å². The van der Waals surface area contributed by atoms with Gasteiger partial charge in [0.1, 0.15) is 42.5 Å². The van der Waals surface area contributed by atoms with Crippen LogP contribution in [0.3, 0.4) is 0 Å². The Morgan fingerprint density at radius 2 is 0.958 bits per heavy atom. The highest BCUT2D eigenvalue weighted by Gasteiger charge is 2.59. The van der Waals surface area contributed by atoms with E-state index >= 15 is 0 Å². The molecule has 396 valence electrons. The largest absolute Gasteiger partial charge is 0.497 e. The Bertz CT molecular complexity index is 2080. The zero-order valence-corrected chi connectivity index (χ0v) is 44.5. The smallest absolute Gasteiger partial charge is 0.311 e. The van der Waals surface area contributed by atoms with Gasteiger partial charge in [0.05, 0.1) is 54.0 Å². The molecule has 2 fully saturated rings. The molecule has 0 N–H and O–H groups in total. The summed E-state index contributed by atoms with van der Waals surface area (Å²) in [5, 5.41) is 0. The molecule has 0 unspecified atom stereocenters. The summed E-state index contributed by atoms with van der Waals surface area (Å²) in [6.07, 6.45) is -13.0. The summed E-state index contributed by atoms with van der Waals surface area (Å²) >= 11 is 0. The number of carbonyl (C=O) groups excluding carboxylic acids is 5. The minimum Gasteiger partial charge on any atom is -0.497 e. The van der Waals surface area contributed by atoms with Crippen LogP contribution >= 0.6 is 0 Å². The summed E-state index contributed by atoms with van der Waals surface area (Å²) < 4.78 is 76.1. The molecule has 2 aliphatic heterocycles. The monoisotopic (exact) mass is 999 g/mol. The molecule has 17 heteroatoms. The average molecular weight is 999 g/mol. The van der Waals surface area contributed by atoms with E-state index in [1.165, 1.54) is 13.2 Å². The van der Waals surface area contributed by atoms with Crippen molar-refractivity contribution in [3.05, 3.63) is 72.8 Å². The number of rotatable bonds is 18. The summed E-state index contributed by atoms with van der Waals surface area (Å²) in [4.78, 5) is 69.5. The summed E-state index contributed by atoms with van der Waals surface area (Å²) in [6.45, 7) is 27.9. The van der Waals surface area contributed by atoms with E-state index in [1.807, 2.05) is 30.3 Å². The zero-order chi connectivity index (χ0) is 53.3. The quantitative estimate of drug-likeness (QED) is 0.0788. The van der Waals surface area contributed by atoms with Crippen LogP contribution in [0.1, 0.15) is 109 Å². The summed E-state index contributed by atoms with van der Waals surface area (Å²) in [6, 6.07) is 16.1. The molecule has 0 saturated carbocycles. The van der Waals surface area contributed by atoms with E-state index in [0.717, 1.165) is 5.56 Å². The summed E-state index contributed by atoms with van der Waals surface area (Å²) in [5.41, 5.74) is -4.53. The standard InChI is InChI=1S/C54H78O17/c1-18-28-62-39-37(35(30-61-29-32-22-20-19-21-23-32)65-43(41(39)70-48(58)53(11,12)13)64-34-26-24-33(60-17)25-27-34)67-44-42(71-49(59)54(14,15)16)40(69-47(57)52(8,9)10)38(68-46(56)51(5,6)7)36(66-44)31-63-45(55)50(2,3)4/h18-27,35-44H,1,28-31H2,2-17H3/t35-,36-,37+,38+,39+,40+,41-,42-,43-,44+/m1/s1. The first-order valence-corrected chi connectivity index (χ1v) is 24.0. The van der Waals surface area contributed by atoms with Gasteiger partial charge in [0.2, 0.25) is 6.29 Å². The Labute approximate surface area is 419 Å². The number of ether oxygens (including phenoxy) is 12. The Balaban J connectivity index is 1.99. The lowest BCUT2D eigenvalue weighted by atomic mass is 9.92. The molecule has 0 aliphatic carbocycles. The fourth-order valence-electron chi connectivity index (χ4n) is 6.68. The van der Waals surface area contributed by atoms with Crippen molar-refractivity contribution >= 4 is 29.8 Å². The Morgan fingerprint density at radius 3 is 1.44 bits per heavy atom. The molecule has 0 aromatic heterocycles. The number of methoxy groups -OCH3 is 1. The molecular formula is C54H78O17. The molecule has 2 aromatic rings. The van der Waals surface area contributed by atoms with Crippen LogP contribution in [-0.4, -0.2) is 118 Å². The predicted molar refractivity (Wildman–Crippen MR) is 260 cm³/mol. The Kier molecular flexibility index (Phi) is 19.9. The van der Waals surface area contributed by atoms with Crippen LogP contribution in [0.25, 0.3) is 0 Å². The number of esters is 5. The van der Waals surface area contributed by atoms with Gasteiger partial charge in [0.15, 0.2) is 30.7 Å². The molecule has 4 rings (SSSR count). The normalized spacial score (nSPS) is 25.2. The van der Waals surface area contributed by atoms with Crippen molar-refractivity contribution in [3.8, 4) is 11.5 Å². The highest BCUT2D eigenvalue weighted by atomic mass is 16.8. The highest BCUT2D eigenvalue weighted by molar-refractivity contribution is 5.78. The average Bonchev–Trinajstić information content (AvgIpc) is 3.27. The minimum absolute atomic E-state index is 0.100. The second-order valence-corrected chi connectivity index (χ2v) is 22.9. The van der Waals surface area contributed by atoms with Crippen LogP contribution in [0.15, 0.2) is 67.3 Å². The van der Waals surface area contributed by atoms with Gasteiger partial charge in [-0.15, -0.1) is 6.58 Å². The molecule has 71 heavy (non-hydrogen) atoms. The number of hydrogen-bond acceptors (Lipinski definition) is 17. The van der Waals surface area contributed by atoms with Crippen LogP contribution in [0, 0.1) is 27.1 Å². The van der Waals surface area contributed by atoms with Gasteiger partial charge < -0.3 is 56.8 Å². The second-order valence-electron chi connectivity index (χ2n) is 22.9. The van der Waals surface area contributed by atoms with Gasteiger partial charge in [-0.05, 0) is 134 Å². The fraction of sp³-hybridized carbons (Fsp3) is 0.648. The molecule has 0 radical (unpaired) electrons. The Hall–Kier alpha value is -5.07. The third kappa shape index (κ3) is 16.7. The van der Waals surface area contributed by atoms with E-state index in [1.54, 1.807) is 128 Å². The van der Waals surface area contributed by atoms with Gasteiger partial charge >= 0.3 is 29.8 Å². The fourth-order valence-corrected chi connectivity index (χ4v) is 6.68. The van der Waals surface area contributed by atoms with E-state index in [-0.39, 0.29) is 19.8 Å². The molecule has 0 amide bonds. The van der Waals surface area contributed by atoms with E-state index in [2.05, 4.69) is 6.58 Å². The van der Waals surface area contributed by atoms with Crippen molar-refractivity contribution in [2.24, 2.45) is 27.1 Å². The number of hydrogen-bond donors (Lipinski definition) is 0. The predicted octanol–water partition coefficient (Wildman–Crippen LogP) is 8.12. The van der Waals surface area contributed by atoms with Crippen molar-refractivity contribution in [3.63, 3.8) is 0 Å². The van der Waals surface area contributed by atoms with E-state index < -0.39 is 125 Å². The lowest BCUT2D eigenvalue weighted by molar-refractivity contribution is -0.359. The van der Waals surface area contributed by atoms with Crippen LogP contribution < -0.4 is 9.47 Å². The molecular weight excluding hydrogens is 921 g/mol. The minimum atomic E-state index is -1.74. The van der Waals surface area contributed by atoms with E-state index in [4.69, 9.17) is 56.8 Å². The van der Waals surface area contributed by atoms with Gasteiger partial charge in [-0.3, -0.25) is 24.0 Å². The van der Waals surface area contributed by atoms with Gasteiger partial charge in [0, 0.05) is 0 Å². The maximum Gasteiger partial charge on any atom is 0.311 e. The van der Waals surface area contributed by atoms with Crippen LogP contribution in [0.4, 0.5) is 0 Å². The third-order valence-electron chi connectivity index (χ3n) is 11.0. The molecule has 17 nitrogen and oxygen atoms in total. The lowest BCUT2D eigenvalue weighted by Gasteiger charge is -2.49. The van der Waals surface area contributed by atoms with Crippen molar-refractivity contribution in [2.75, 3.05) is 26.9 Å². The first kappa shape index (κ1) is 58.5. The van der Waals surface area contributed by atoms with Crippen LogP contribution in [0.5, 0.6) is 11.5 Å². The van der Waals surface area contributed by atoms with Gasteiger partial charge in [-0.25, -0.2) is 0 Å². The van der Waals surface area contributed by atoms with E-state index in [9.17, 15) is 24.0 Å². The lowest BCUT2D eigenvalue weighted by Crippen LogP contribution is -2.68. The van der Waals surface area contributed by atoms with Gasteiger partial charge in [-0.2, -0.15) is 0 Å². The molecule has 10 atom stereocenters. The third-order valence-corrected chi connectivity index (χ3v) is 11.0. The zero-order valence-electron chi connectivity index (χ0n) is 44.5. The second kappa shape index (κ2) is 24.1. The number of carbonyl (C=O) groups is 5. The van der Waals surface area contributed by atoms with Crippen molar-refractivity contribution in [1.82, 2.24) is 0 Å². The van der Waals surface area contributed by atoms with Crippen LogP contribution in [0.2, 0.25) is 0 Å². The SMILES string of the molecule is C=CCO[C@H]1[C@@H](O[C@@H]2O[C@H](COC(=O)C(C)(C)C)[C@H](OC(=O)C(C)(C)C)[C@H](OC(=O)C(C)(C)C)[C@H]2OC(=O)C(C)(C)C)[C@@H](COCc2ccccc2)O[C@@H](Oc2ccc(OC)cc2)[C@@H]1OC(=O)C(C)(C)C. The van der Waals surface area contributed by atoms with Crippen LogP contribution in [-0.2, 0) is 77.9 Å². The van der Waals surface area contributed by atoms with Crippen molar-refractivity contribution < 1.29 is 80.8 Å². The molecule has 0 spiro atoms. The maximum absolute atomic E-state index is 14.2. The molecule has 2 saturated heterocycles. The van der Waals surface area contributed by atoms with E-state index in [0.29, 0.717) is 11.5 Å². The summed E-state index contributed by atoms with van der Waals surface area (Å²) in [5.74, 6) is -2.61. The van der Waals surface area contributed by atoms with Crippen molar-refractivity contribution in [1.29, 1.82) is 0 Å². The topological polar surface area (TPSA) is 196 Å². The number of benzene rings is 2. The first-order valence-electron chi connectivity index (χ1n) is 24.0. The summed E-state index contributed by atoms with van der Waals surface area (Å²) in [7, 11) is 1.53.